The molecular weight excluding hydrogens is 208 g/mol. The molecule has 3 rings (SSSR count). The maximum atomic E-state index is 5.85. The molecule has 84 valence electrons. The summed E-state index contributed by atoms with van der Waals surface area (Å²) in [5, 5.41) is 0. The van der Waals surface area contributed by atoms with Crippen LogP contribution >= 0.6 is 0 Å². The molecule has 1 unspecified atom stereocenters. The molecule has 2 heteroatoms. The van der Waals surface area contributed by atoms with Crippen LogP contribution < -0.4 is 11.5 Å². The monoisotopic (exact) mass is 222 g/mol. The second kappa shape index (κ2) is 3.67. The first kappa shape index (κ1) is 9.97. The summed E-state index contributed by atoms with van der Waals surface area (Å²) in [5.74, 6) is 0.300. The van der Waals surface area contributed by atoms with Crippen LogP contribution in [0.1, 0.15) is 22.6 Å². The molecule has 0 saturated heterocycles. The Morgan fingerprint density at radius 3 is 2.29 bits per heavy atom. The van der Waals surface area contributed by atoms with E-state index in [0.717, 1.165) is 11.4 Å². The molecule has 17 heavy (non-hydrogen) atoms. The minimum Gasteiger partial charge on any atom is -0.399 e. The van der Waals surface area contributed by atoms with Crippen LogP contribution in [0.4, 0.5) is 11.4 Å². The van der Waals surface area contributed by atoms with Gasteiger partial charge in [-0.15, -0.1) is 0 Å². The summed E-state index contributed by atoms with van der Waals surface area (Å²) in [6.07, 6.45) is 4.35. The van der Waals surface area contributed by atoms with Crippen LogP contribution in [-0.4, -0.2) is 0 Å². The summed E-state index contributed by atoms with van der Waals surface area (Å²) >= 11 is 0. The van der Waals surface area contributed by atoms with Gasteiger partial charge in [0.15, 0.2) is 0 Å². The number of fused-ring (bicyclic) bond motifs is 1. The van der Waals surface area contributed by atoms with Crippen LogP contribution in [0.3, 0.4) is 0 Å². The van der Waals surface area contributed by atoms with Gasteiger partial charge in [-0.1, -0.05) is 30.4 Å². The Kier molecular flexibility index (Phi) is 2.15. The topological polar surface area (TPSA) is 52.0 Å². The second-order valence-corrected chi connectivity index (χ2v) is 4.39. The van der Waals surface area contributed by atoms with Gasteiger partial charge in [-0.3, -0.25) is 0 Å². The van der Waals surface area contributed by atoms with Crippen molar-refractivity contribution in [3.63, 3.8) is 0 Å². The van der Waals surface area contributed by atoms with Gasteiger partial charge in [-0.25, -0.2) is 0 Å². The van der Waals surface area contributed by atoms with E-state index in [-0.39, 0.29) is 0 Å². The van der Waals surface area contributed by atoms with E-state index in [2.05, 4.69) is 36.4 Å². The molecule has 0 heterocycles. The molecule has 4 N–H and O–H groups in total. The smallest absolute Gasteiger partial charge is 0.0317 e. The molecule has 0 fully saturated rings. The Morgan fingerprint density at radius 1 is 0.824 bits per heavy atom. The van der Waals surface area contributed by atoms with Crippen molar-refractivity contribution in [3.05, 3.63) is 65.2 Å². The Hall–Kier alpha value is -2.22. The van der Waals surface area contributed by atoms with Crippen LogP contribution in [0.2, 0.25) is 0 Å². The molecule has 0 saturated carbocycles. The minimum absolute atomic E-state index is 0.300. The number of nitrogen functional groups attached to an aromatic ring is 2. The number of benzene rings is 2. The van der Waals surface area contributed by atoms with Gasteiger partial charge in [0.1, 0.15) is 0 Å². The first-order valence-electron chi connectivity index (χ1n) is 5.67. The molecule has 0 radical (unpaired) electrons. The van der Waals surface area contributed by atoms with Crippen LogP contribution in [0, 0.1) is 0 Å². The van der Waals surface area contributed by atoms with E-state index in [4.69, 9.17) is 11.5 Å². The van der Waals surface area contributed by atoms with E-state index in [0.29, 0.717) is 5.92 Å². The molecule has 0 bridgehead atoms. The van der Waals surface area contributed by atoms with E-state index in [1.54, 1.807) is 0 Å². The minimum atomic E-state index is 0.300. The lowest BCUT2D eigenvalue weighted by atomic mass is 9.93. The number of allylic oxidation sites excluding steroid dienone is 1. The molecular formula is C15H14N2. The number of hydrogen-bond acceptors (Lipinski definition) is 2. The van der Waals surface area contributed by atoms with Crippen LogP contribution in [0.25, 0.3) is 6.08 Å². The first-order valence-corrected chi connectivity index (χ1v) is 5.67. The van der Waals surface area contributed by atoms with Gasteiger partial charge in [0.2, 0.25) is 0 Å². The second-order valence-electron chi connectivity index (χ2n) is 4.39. The predicted molar refractivity (Wildman–Crippen MR) is 72.6 cm³/mol. The average molecular weight is 222 g/mol. The third-order valence-corrected chi connectivity index (χ3v) is 3.21. The third kappa shape index (κ3) is 1.68. The number of hydrogen-bond donors (Lipinski definition) is 2. The highest BCUT2D eigenvalue weighted by molar-refractivity contribution is 5.68. The summed E-state index contributed by atoms with van der Waals surface area (Å²) in [5.41, 5.74) is 16.9. The Bertz CT molecular complexity index is 582. The maximum absolute atomic E-state index is 5.85. The lowest BCUT2D eigenvalue weighted by molar-refractivity contribution is 1.05. The summed E-state index contributed by atoms with van der Waals surface area (Å²) < 4.78 is 0. The van der Waals surface area contributed by atoms with Crippen molar-refractivity contribution in [2.24, 2.45) is 0 Å². The van der Waals surface area contributed by atoms with Crippen molar-refractivity contribution in [2.75, 3.05) is 11.5 Å². The van der Waals surface area contributed by atoms with Gasteiger partial charge in [0, 0.05) is 17.3 Å². The van der Waals surface area contributed by atoms with Crippen molar-refractivity contribution in [2.45, 2.75) is 5.92 Å². The molecule has 0 aromatic heterocycles. The lowest BCUT2D eigenvalue weighted by Gasteiger charge is -2.12. The average Bonchev–Trinajstić information content (AvgIpc) is 2.73. The fourth-order valence-corrected chi connectivity index (χ4v) is 2.31. The SMILES string of the molecule is Nc1ccc(C2C=Cc3ccc(N)cc32)cc1. The van der Waals surface area contributed by atoms with Crippen LogP contribution in [0.5, 0.6) is 0 Å². The van der Waals surface area contributed by atoms with Crippen LogP contribution in [0.15, 0.2) is 48.5 Å². The molecule has 0 amide bonds. The van der Waals surface area contributed by atoms with Gasteiger partial charge in [0.05, 0.1) is 0 Å². The molecule has 0 aliphatic heterocycles. The van der Waals surface area contributed by atoms with E-state index in [9.17, 15) is 0 Å². The van der Waals surface area contributed by atoms with Crippen molar-refractivity contribution in [1.82, 2.24) is 0 Å². The van der Waals surface area contributed by atoms with Gasteiger partial charge < -0.3 is 11.5 Å². The normalized spacial score (nSPS) is 17.1. The summed E-state index contributed by atoms with van der Waals surface area (Å²) in [6.45, 7) is 0. The molecule has 2 aromatic rings. The summed E-state index contributed by atoms with van der Waals surface area (Å²) in [6, 6.07) is 14.1. The largest absolute Gasteiger partial charge is 0.399 e. The molecule has 1 atom stereocenters. The summed E-state index contributed by atoms with van der Waals surface area (Å²) in [7, 11) is 0. The predicted octanol–water partition coefficient (Wildman–Crippen LogP) is 3.01. The van der Waals surface area contributed by atoms with Gasteiger partial charge >= 0.3 is 0 Å². The standard InChI is InChI=1S/C15H14N2/c16-12-5-1-10(2-6-12)14-8-4-11-3-7-13(17)9-15(11)14/h1-9,14H,16-17H2. The highest BCUT2D eigenvalue weighted by Crippen LogP contribution is 2.36. The number of rotatable bonds is 1. The van der Waals surface area contributed by atoms with Gasteiger partial charge in [-0.05, 0) is 41.0 Å². The first-order chi connectivity index (χ1) is 8.24. The van der Waals surface area contributed by atoms with E-state index < -0.39 is 0 Å². The third-order valence-electron chi connectivity index (χ3n) is 3.21. The van der Waals surface area contributed by atoms with Crippen molar-refractivity contribution in [3.8, 4) is 0 Å². The Morgan fingerprint density at radius 2 is 1.53 bits per heavy atom. The van der Waals surface area contributed by atoms with Crippen molar-refractivity contribution < 1.29 is 0 Å². The quantitative estimate of drug-likeness (QED) is 0.729. The van der Waals surface area contributed by atoms with E-state index in [1.807, 2.05) is 18.2 Å². The van der Waals surface area contributed by atoms with E-state index >= 15 is 0 Å². The number of nitrogens with two attached hydrogens (primary N) is 2. The Balaban J connectivity index is 2.06. The zero-order valence-corrected chi connectivity index (χ0v) is 9.43. The van der Waals surface area contributed by atoms with Gasteiger partial charge in [0.25, 0.3) is 0 Å². The Labute approximate surface area is 101 Å². The van der Waals surface area contributed by atoms with Crippen LogP contribution in [-0.2, 0) is 0 Å². The molecule has 2 aromatic carbocycles. The molecule has 0 spiro atoms. The van der Waals surface area contributed by atoms with Gasteiger partial charge in [-0.2, -0.15) is 0 Å². The summed E-state index contributed by atoms with van der Waals surface area (Å²) in [4.78, 5) is 0. The van der Waals surface area contributed by atoms with Crippen molar-refractivity contribution in [1.29, 1.82) is 0 Å². The fraction of sp³-hybridized carbons (Fsp3) is 0.0667. The number of anilines is 2. The highest BCUT2D eigenvalue weighted by atomic mass is 14.5. The molecule has 1 aliphatic carbocycles. The lowest BCUT2D eigenvalue weighted by Crippen LogP contribution is -1.97. The molecule has 1 aliphatic rings. The fourth-order valence-electron chi connectivity index (χ4n) is 2.31. The maximum Gasteiger partial charge on any atom is 0.0317 e. The van der Waals surface area contributed by atoms with E-state index in [1.165, 1.54) is 16.7 Å². The zero-order chi connectivity index (χ0) is 11.8. The molecule has 2 nitrogen and oxygen atoms in total. The zero-order valence-electron chi connectivity index (χ0n) is 9.43. The van der Waals surface area contributed by atoms with Crippen molar-refractivity contribution >= 4 is 17.5 Å². The highest BCUT2D eigenvalue weighted by Gasteiger charge is 2.18.